The molecule has 160 valence electrons. The number of aliphatic hydroxyl groups excluding tert-OH is 1. The molecule has 0 unspecified atom stereocenters. The van der Waals surface area contributed by atoms with Gasteiger partial charge in [-0.3, -0.25) is 0 Å². The number of benzene rings is 1. The number of piperidine rings is 1. The van der Waals surface area contributed by atoms with Crippen molar-refractivity contribution in [1.29, 1.82) is 0 Å². The first-order valence-electron chi connectivity index (χ1n) is 10.8. The van der Waals surface area contributed by atoms with Gasteiger partial charge in [-0.1, -0.05) is 30.3 Å². The molecular weight excluding hydrogens is 390 g/mol. The van der Waals surface area contributed by atoms with Crippen LogP contribution in [-0.4, -0.2) is 51.3 Å². The van der Waals surface area contributed by atoms with Crippen LogP contribution < -0.4 is 16.0 Å². The highest BCUT2D eigenvalue weighted by molar-refractivity contribution is 5.62. The molecule has 2 aromatic heterocycles. The molecule has 8 nitrogen and oxygen atoms in total. The Kier molecular flexibility index (Phi) is 5.15. The summed E-state index contributed by atoms with van der Waals surface area (Å²) in [7, 11) is 0. The Morgan fingerprint density at radius 1 is 1.03 bits per heavy atom. The average molecular weight is 418 g/mol. The molecule has 1 saturated heterocycles. The standard InChI is InChI=1S/C23H27N7O/c24-18-7-11-26-22(27-18)30-13-9-23(10-14-30)8-6-17-19(23)28-20(16-4-2-1-3-5-16)29-21(17)25-12-15-31/h1-5,7,11,31H,6,8-10,12-15H2,(H2,24,26,27)(H,25,28,29). The summed E-state index contributed by atoms with van der Waals surface area (Å²) in [6.45, 7) is 2.28. The zero-order valence-electron chi connectivity index (χ0n) is 17.5. The summed E-state index contributed by atoms with van der Waals surface area (Å²) in [6.07, 6.45) is 5.71. The molecule has 0 radical (unpaired) electrons. The van der Waals surface area contributed by atoms with E-state index in [2.05, 4.69) is 20.2 Å². The maximum absolute atomic E-state index is 9.33. The lowest BCUT2D eigenvalue weighted by molar-refractivity contribution is 0.311. The number of anilines is 3. The first-order valence-corrected chi connectivity index (χ1v) is 10.8. The molecule has 0 atom stereocenters. The lowest BCUT2D eigenvalue weighted by atomic mass is 9.76. The van der Waals surface area contributed by atoms with Crippen molar-refractivity contribution < 1.29 is 5.11 Å². The van der Waals surface area contributed by atoms with Gasteiger partial charge in [0.15, 0.2) is 5.82 Å². The fourth-order valence-corrected chi connectivity index (χ4v) is 4.81. The van der Waals surface area contributed by atoms with Crippen molar-refractivity contribution >= 4 is 17.6 Å². The van der Waals surface area contributed by atoms with E-state index in [-0.39, 0.29) is 12.0 Å². The van der Waals surface area contributed by atoms with Crippen LogP contribution in [0.2, 0.25) is 0 Å². The van der Waals surface area contributed by atoms with Gasteiger partial charge in [0.1, 0.15) is 11.6 Å². The second-order valence-electron chi connectivity index (χ2n) is 8.29. The molecule has 1 aliphatic heterocycles. The molecule has 0 saturated carbocycles. The van der Waals surface area contributed by atoms with Crippen LogP contribution in [0.5, 0.6) is 0 Å². The Morgan fingerprint density at radius 3 is 2.58 bits per heavy atom. The first kappa shape index (κ1) is 19.7. The SMILES string of the molecule is Nc1ccnc(N2CCC3(CCc4c(NCCO)nc(-c5ccccc5)nc43)CC2)n1. The molecule has 2 aliphatic rings. The van der Waals surface area contributed by atoms with Crippen molar-refractivity contribution in [3.63, 3.8) is 0 Å². The third kappa shape index (κ3) is 3.67. The van der Waals surface area contributed by atoms with Gasteiger partial charge in [0, 0.05) is 42.4 Å². The van der Waals surface area contributed by atoms with Gasteiger partial charge in [-0.15, -0.1) is 0 Å². The van der Waals surface area contributed by atoms with Crippen molar-refractivity contribution in [2.24, 2.45) is 0 Å². The second-order valence-corrected chi connectivity index (χ2v) is 8.29. The molecular formula is C23H27N7O. The number of fused-ring (bicyclic) bond motifs is 2. The topological polar surface area (TPSA) is 113 Å². The van der Waals surface area contributed by atoms with Crippen LogP contribution in [-0.2, 0) is 11.8 Å². The Bertz CT molecular complexity index is 1060. The summed E-state index contributed by atoms with van der Waals surface area (Å²) < 4.78 is 0. The van der Waals surface area contributed by atoms with E-state index in [1.54, 1.807) is 12.3 Å². The van der Waals surface area contributed by atoms with Gasteiger partial charge in [0.05, 0.1) is 12.3 Å². The van der Waals surface area contributed by atoms with Crippen LogP contribution in [0.3, 0.4) is 0 Å². The summed E-state index contributed by atoms with van der Waals surface area (Å²) >= 11 is 0. The minimum atomic E-state index is 0.0360. The molecule has 3 aromatic rings. The van der Waals surface area contributed by atoms with Crippen molar-refractivity contribution in [2.45, 2.75) is 31.1 Å². The van der Waals surface area contributed by atoms with Gasteiger partial charge < -0.3 is 21.1 Å². The minimum Gasteiger partial charge on any atom is -0.395 e. The van der Waals surface area contributed by atoms with Gasteiger partial charge in [0.2, 0.25) is 5.95 Å². The number of nitrogens with two attached hydrogens (primary N) is 1. The maximum atomic E-state index is 9.33. The van der Waals surface area contributed by atoms with Crippen LogP contribution >= 0.6 is 0 Å². The Hall–Kier alpha value is -3.26. The molecule has 1 aromatic carbocycles. The highest BCUT2D eigenvalue weighted by atomic mass is 16.3. The zero-order chi connectivity index (χ0) is 21.3. The molecule has 0 bridgehead atoms. The van der Waals surface area contributed by atoms with Crippen molar-refractivity contribution in [2.75, 3.05) is 42.2 Å². The number of hydrogen-bond acceptors (Lipinski definition) is 8. The predicted molar refractivity (Wildman–Crippen MR) is 121 cm³/mol. The summed E-state index contributed by atoms with van der Waals surface area (Å²) in [6, 6.07) is 11.8. The fraction of sp³-hybridized carbons (Fsp3) is 0.391. The van der Waals surface area contributed by atoms with Crippen LogP contribution in [0.25, 0.3) is 11.4 Å². The smallest absolute Gasteiger partial charge is 0.227 e. The summed E-state index contributed by atoms with van der Waals surface area (Å²) in [4.78, 5) is 20.9. The van der Waals surface area contributed by atoms with E-state index in [9.17, 15) is 5.11 Å². The normalized spacial score (nSPS) is 17.0. The van der Waals surface area contributed by atoms with Crippen molar-refractivity contribution in [1.82, 2.24) is 19.9 Å². The maximum Gasteiger partial charge on any atom is 0.227 e. The van der Waals surface area contributed by atoms with E-state index < -0.39 is 0 Å². The van der Waals surface area contributed by atoms with Crippen LogP contribution in [0, 0.1) is 0 Å². The number of rotatable bonds is 5. The van der Waals surface area contributed by atoms with Crippen molar-refractivity contribution in [3.05, 3.63) is 53.9 Å². The third-order valence-electron chi connectivity index (χ3n) is 6.47. The average Bonchev–Trinajstić information content (AvgIpc) is 3.16. The van der Waals surface area contributed by atoms with E-state index in [1.807, 2.05) is 30.3 Å². The molecule has 4 N–H and O–H groups in total. The fourth-order valence-electron chi connectivity index (χ4n) is 4.81. The molecule has 31 heavy (non-hydrogen) atoms. The first-order chi connectivity index (χ1) is 15.2. The molecule has 0 amide bonds. The van der Waals surface area contributed by atoms with E-state index in [0.29, 0.717) is 18.3 Å². The highest BCUT2D eigenvalue weighted by Gasteiger charge is 2.44. The summed E-state index contributed by atoms with van der Waals surface area (Å²) in [5, 5.41) is 12.7. The largest absolute Gasteiger partial charge is 0.395 e. The predicted octanol–water partition coefficient (Wildman–Crippen LogP) is 2.40. The van der Waals surface area contributed by atoms with Crippen LogP contribution in [0.4, 0.5) is 17.6 Å². The van der Waals surface area contributed by atoms with Gasteiger partial charge in [-0.2, -0.15) is 4.98 Å². The molecule has 5 rings (SSSR count). The second kappa shape index (κ2) is 8.11. The Labute approximate surface area is 181 Å². The van der Waals surface area contributed by atoms with Gasteiger partial charge in [-0.05, 0) is 31.7 Å². The zero-order valence-corrected chi connectivity index (χ0v) is 17.5. The van der Waals surface area contributed by atoms with Crippen LogP contribution in [0.15, 0.2) is 42.6 Å². The van der Waals surface area contributed by atoms with Gasteiger partial charge in [-0.25, -0.2) is 15.0 Å². The molecule has 8 heteroatoms. The third-order valence-corrected chi connectivity index (χ3v) is 6.47. The molecule has 1 spiro atoms. The van der Waals surface area contributed by atoms with Gasteiger partial charge >= 0.3 is 0 Å². The summed E-state index contributed by atoms with van der Waals surface area (Å²) in [5.41, 5.74) is 9.25. The number of nitrogens with zero attached hydrogens (tertiary/aromatic N) is 5. The number of nitrogens with one attached hydrogen (secondary N) is 1. The van der Waals surface area contributed by atoms with Crippen molar-refractivity contribution in [3.8, 4) is 11.4 Å². The number of hydrogen-bond donors (Lipinski definition) is 3. The molecule has 3 heterocycles. The van der Waals surface area contributed by atoms with Gasteiger partial charge in [0.25, 0.3) is 0 Å². The quantitative estimate of drug-likeness (QED) is 0.580. The lowest BCUT2D eigenvalue weighted by Crippen LogP contribution is -2.42. The van der Waals surface area contributed by atoms with E-state index >= 15 is 0 Å². The monoisotopic (exact) mass is 417 g/mol. The Balaban J connectivity index is 1.47. The van der Waals surface area contributed by atoms with Crippen LogP contribution in [0.1, 0.15) is 30.5 Å². The van der Waals surface area contributed by atoms with E-state index in [0.717, 1.165) is 61.7 Å². The minimum absolute atomic E-state index is 0.0360. The molecule has 1 fully saturated rings. The lowest BCUT2D eigenvalue weighted by Gasteiger charge is -2.39. The Morgan fingerprint density at radius 2 is 1.84 bits per heavy atom. The highest BCUT2D eigenvalue weighted by Crippen LogP contribution is 2.47. The number of aliphatic hydroxyl groups is 1. The number of nitrogen functional groups attached to an aromatic ring is 1. The number of aromatic nitrogens is 4. The summed E-state index contributed by atoms with van der Waals surface area (Å²) in [5.74, 6) is 2.79. The molecule has 1 aliphatic carbocycles. The van der Waals surface area contributed by atoms with E-state index in [1.165, 1.54) is 5.56 Å². The van der Waals surface area contributed by atoms with E-state index in [4.69, 9.17) is 15.7 Å².